The first kappa shape index (κ1) is 16.4. The van der Waals surface area contributed by atoms with Crippen LogP contribution in [0.3, 0.4) is 0 Å². The highest BCUT2D eigenvalue weighted by Crippen LogP contribution is 2.22. The monoisotopic (exact) mass is 271 g/mol. The van der Waals surface area contributed by atoms with Crippen LogP contribution in [-0.4, -0.2) is 49.3 Å². The summed E-state index contributed by atoms with van der Waals surface area (Å²) in [5.74, 6) is -0.199. The molecule has 3 atom stereocenters. The Bertz CT molecular complexity index is 270. The summed E-state index contributed by atoms with van der Waals surface area (Å²) >= 11 is 0. The lowest BCUT2D eigenvalue weighted by molar-refractivity contribution is -0.143. The van der Waals surface area contributed by atoms with Crippen LogP contribution in [0.15, 0.2) is 0 Å². The zero-order chi connectivity index (χ0) is 14.3. The van der Waals surface area contributed by atoms with E-state index in [2.05, 4.69) is 23.5 Å². The molecule has 1 fully saturated rings. The molecule has 4 heteroatoms. The number of hydrogen-bond donors (Lipinski definition) is 0. The molecule has 0 aromatic rings. The summed E-state index contributed by atoms with van der Waals surface area (Å²) in [6.07, 6.45) is 5.22. The summed E-state index contributed by atoms with van der Waals surface area (Å²) in [6.45, 7) is 8.38. The van der Waals surface area contributed by atoms with E-state index in [4.69, 9.17) is 4.74 Å². The molecule has 2 unspecified atom stereocenters. The average Bonchev–Trinajstić information content (AvgIpc) is 2.84. The fourth-order valence-electron chi connectivity index (χ4n) is 2.85. The van der Waals surface area contributed by atoms with Crippen molar-refractivity contribution in [2.24, 2.45) is 0 Å². The van der Waals surface area contributed by atoms with E-state index in [1.807, 2.05) is 6.92 Å². The molecule has 1 aliphatic rings. The van der Waals surface area contributed by atoms with Crippen molar-refractivity contribution in [3.05, 3.63) is 0 Å². The van der Waals surface area contributed by atoms with Gasteiger partial charge in [0.1, 0.15) is 0 Å². The largest absolute Gasteiger partial charge is 0.469 e. The van der Waals surface area contributed by atoms with Crippen molar-refractivity contribution in [2.45, 2.75) is 71.1 Å². The van der Waals surface area contributed by atoms with E-state index in [1.165, 1.54) is 39.3 Å². The molecular formula is C15H29NO3. The Kier molecular flexibility index (Phi) is 7.39. The first-order chi connectivity index (χ1) is 9.08. The second kappa shape index (κ2) is 8.54. The van der Waals surface area contributed by atoms with Gasteiger partial charge in [0.05, 0.1) is 26.2 Å². The molecule has 4 nitrogen and oxygen atoms in total. The van der Waals surface area contributed by atoms with Crippen molar-refractivity contribution in [2.75, 3.05) is 20.3 Å². The molecule has 19 heavy (non-hydrogen) atoms. The number of carbonyl (C=O) groups is 1. The molecule has 0 N–H and O–H groups in total. The molecule has 0 spiro atoms. The van der Waals surface area contributed by atoms with Crippen LogP contribution in [-0.2, 0) is 14.3 Å². The van der Waals surface area contributed by atoms with Crippen LogP contribution in [0.25, 0.3) is 0 Å². The molecule has 1 heterocycles. The molecule has 0 aromatic heterocycles. The van der Waals surface area contributed by atoms with Crippen molar-refractivity contribution in [3.8, 4) is 0 Å². The van der Waals surface area contributed by atoms with Crippen LogP contribution in [0.2, 0.25) is 0 Å². The number of rotatable bonds is 8. The van der Waals surface area contributed by atoms with Crippen molar-refractivity contribution >= 4 is 5.97 Å². The molecule has 1 rings (SSSR count). The first-order valence-electron chi connectivity index (χ1n) is 7.52. The SMILES string of the molecule is CCCC(C)N1CCC[C@H]1COC(C)CC(=O)OC. The number of methoxy groups -OCH3 is 1. The Morgan fingerprint density at radius 3 is 2.79 bits per heavy atom. The van der Waals surface area contributed by atoms with Crippen molar-refractivity contribution < 1.29 is 14.3 Å². The Balaban J connectivity index is 2.32. The lowest BCUT2D eigenvalue weighted by Gasteiger charge is -2.31. The molecular weight excluding hydrogens is 242 g/mol. The van der Waals surface area contributed by atoms with Crippen molar-refractivity contribution in [3.63, 3.8) is 0 Å². The Morgan fingerprint density at radius 2 is 2.16 bits per heavy atom. The standard InChI is InChI=1S/C15H29NO3/c1-5-7-12(2)16-9-6-8-14(16)11-19-13(3)10-15(17)18-4/h12-14H,5-11H2,1-4H3/t12?,13?,14-/m0/s1. The van der Waals surface area contributed by atoms with Gasteiger partial charge >= 0.3 is 5.97 Å². The zero-order valence-electron chi connectivity index (χ0n) is 12.9. The van der Waals surface area contributed by atoms with E-state index >= 15 is 0 Å². The quantitative estimate of drug-likeness (QED) is 0.636. The van der Waals surface area contributed by atoms with Crippen LogP contribution in [0, 0.1) is 0 Å². The van der Waals surface area contributed by atoms with E-state index in [0.29, 0.717) is 18.5 Å². The van der Waals surface area contributed by atoms with Crippen LogP contribution >= 0.6 is 0 Å². The lowest BCUT2D eigenvalue weighted by atomic mass is 10.1. The molecule has 1 saturated heterocycles. The molecule has 1 aliphatic heterocycles. The van der Waals surface area contributed by atoms with E-state index in [-0.39, 0.29) is 12.1 Å². The fraction of sp³-hybridized carbons (Fsp3) is 0.933. The summed E-state index contributed by atoms with van der Waals surface area (Å²) in [6, 6.07) is 1.15. The van der Waals surface area contributed by atoms with Gasteiger partial charge in [-0.1, -0.05) is 13.3 Å². The lowest BCUT2D eigenvalue weighted by Crippen LogP contribution is -2.40. The van der Waals surface area contributed by atoms with Gasteiger partial charge in [0.15, 0.2) is 0 Å². The third-order valence-corrected chi connectivity index (χ3v) is 3.95. The fourth-order valence-corrected chi connectivity index (χ4v) is 2.85. The number of hydrogen-bond acceptors (Lipinski definition) is 4. The maximum atomic E-state index is 11.2. The van der Waals surface area contributed by atoms with E-state index in [0.717, 1.165) is 6.61 Å². The molecule has 0 aliphatic carbocycles. The Morgan fingerprint density at radius 1 is 1.42 bits per heavy atom. The molecule has 0 aromatic carbocycles. The number of esters is 1. The average molecular weight is 271 g/mol. The minimum absolute atomic E-state index is 0.0589. The number of carbonyl (C=O) groups excluding carboxylic acids is 1. The van der Waals surface area contributed by atoms with Gasteiger partial charge in [-0.25, -0.2) is 0 Å². The Hall–Kier alpha value is -0.610. The summed E-state index contributed by atoms with van der Waals surface area (Å²) in [7, 11) is 1.42. The summed E-state index contributed by atoms with van der Waals surface area (Å²) in [5.41, 5.74) is 0. The van der Waals surface area contributed by atoms with Crippen LogP contribution in [0.4, 0.5) is 0 Å². The molecule has 0 bridgehead atoms. The highest BCUT2D eigenvalue weighted by atomic mass is 16.5. The second-order valence-electron chi connectivity index (χ2n) is 5.60. The summed E-state index contributed by atoms with van der Waals surface area (Å²) in [4.78, 5) is 13.7. The molecule has 0 saturated carbocycles. The number of likely N-dealkylation sites (tertiary alicyclic amines) is 1. The van der Waals surface area contributed by atoms with Gasteiger partial charge in [-0.3, -0.25) is 9.69 Å². The van der Waals surface area contributed by atoms with Crippen LogP contribution in [0.1, 0.15) is 52.9 Å². The van der Waals surface area contributed by atoms with E-state index in [9.17, 15) is 4.79 Å². The molecule has 0 radical (unpaired) electrons. The van der Waals surface area contributed by atoms with Gasteiger partial charge < -0.3 is 9.47 Å². The van der Waals surface area contributed by atoms with E-state index in [1.54, 1.807) is 0 Å². The van der Waals surface area contributed by atoms with Gasteiger partial charge in [-0.15, -0.1) is 0 Å². The first-order valence-corrected chi connectivity index (χ1v) is 7.52. The predicted octanol–water partition coefficient (Wildman–Crippen LogP) is 2.61. The van der Waals surface area contributed by atoms with Crippen molar-refractivity contribution in [1.29, 1.82) is 0 Å². The minimum Gasteiger partial charge on any atom is -0.469 e. The zero-order valence-corrected chi connectivity index (χ0v) is 12.9. The number of nitrogens with zero attached hydrogens (tertiary/aromatic N) is 1. The third kappa shape index (κ3) is 5.49. The van der Waals surface area contributed by atoms with Crippen LogP contribution in [0.5, 0.6) is 0 Å². The maximum absolute atomic E-state index is 11.2. The molecule has 112 valence electrons. The number of ether oxygens (including phenoxy) is 2. The smallest absolute Gasteiger partial charge is 0.308 e. The second-order valence-corrected chi connectivity index (χ2v) is 5.60. The maximum Gasteiger partial charge on any atom is 0.308 e. The van der Waals surface area contributed by atoms with Gasteiger partial charge in [0.2, 0.25) is 0 Å². The predicted molar refractivity (Wildman–Crippen MR) is 76.1 cm³/mol. The highest BCUT2D eigenvalue weighted by Gasteiger charge is 2.28. The van der Waals surface area contributed by atoms with Gasteiger partial charge in [0, 0.05) is 12.1 Å². The van der Waals surface area contributed by atoms with Crippen LogP contribution < -0.4 is 0 Å². The van der Waals surface area contributed by atoms with Gasteiger partial charge in [-0.2, -0.15) is 0 Å². The highest BCUT2D eigenvalue weighted by molar-refractivity contribution is 5.69. The normalized spacial score (nSPS) is 23.3. The molecule has 0 amide bonds. The van der Waals surface area contributed by atoms with E-state index < -0.39 is 0 Å². The van der Waals surface area contributed by atoms with Gasteiger partial charge in [0.25, 0.3) is 0 Å². The minimum atomic E-state index is -0.199. The Labute approximate surface area is 117 Å². The van der Waals surface area contributed by atoms with Crippen molar-refractivity contribution in [1.82, 2.24) is 4.90 Å². The third-order valence-electron chi connectivity index (χ3n) is 3.95. The topological polar surface area (TPSA) is 38.8 Å². The summed E-state index contributed by atoms with van der Waals surface area (Å²) in [5, 5.41) is 0. The summed E-state index contributed by atoms with van der Waals surface area (Å²) < 4.78 is 10.5. The van der Waals surface area contributed by atoms with Gasteiger partial charge in [-0.05, 0) is 39.7 Å².